The number of nitrogens with zero attached hydrogens (tertiary/aromatic N) is 3. The molecule has 1 atom stereocenters. The summed E-state index contributed by atoms with van der Waals surface area (Å²) in [5.41, 5.74) is 1.22. The Kier molecular flexibility index (Phi) is 7.03. The summed E-state index contributed by atoms with van der Waals surface area (Å²) in [5.74, 6) is -1.53. The van der Waals surface area contributed by atoms with Crippen LogP contribution in [0.15, 0.2) is 53.0 Å². The molecule has 2 aromatic rings. The fraction of sp³-hybridized carbons (Fsp3) is 0.364. The van der Waals surface area contributed by atoms with Crippen molar-refractivity contribution in [3.05, 3.63) is 64.4 Å². The van der Waals surface area contributed by atoms with Crippen molar-refractivity contribution in [3.8, 4) is 0 Å². The Balaban J connectivity index is 1.79. The second kappa shape index (κ2) is 9.50. The smallest absolute Gasteiger partial charge is 0.239 e. The lowest BCUT2D eigenvalue weighted by atomic mass is 10.1. The Labute approximate surface area is 179 Å². The number of carbonyl (C=O) groups excluding carboxylic acids is 2. The minimum atomic E-state index is -0.740. The molecule has 1 aliphatic heterocycles. The van der Waals surface area contributed by atoms with Crippen LogP contribution < -0.4 is 4.90 Å². The minimum Gasteiger partial charge on any atom is -0.336 e. The molecule has 29 heavy (non-hydrogen) atoms. The van der Waals surface area contributed by atoms with Crippen LogP contribution in [-0.2, 0) is 16.1 Å². The Morgan fingerprint density at radius 3 is 2.52 bits per heavy atom. The predicted molar refractivity (Wildman–Crippen MR) is 115 cm³/mol. The van der Waals surface area contributed by atoms with Crippen molar-refractivity contribution in [2.75, 3.05) is 38.6 Å². The molecule has 7 heteroatoms. The van der Waals surface area contributed by atoms with Crippen LogP contribution in [0.2, 0.25) is 0 Å². The Morgan fingerprint density at radius 1 is 1.14 bits per heavy atom. The maximum Gasteiger partial charge on any atom is 0.239 e. The van der Waals surface area contributed by atoms with E-state index in [1.54, 1.807) is 28.0 Å². The number of halogens is 2. The summed E-state index contributed by atoms with van der Waals surface area (Å²) >= 11 is 3.48. The average molecular weight is 462 g/mol. The van der Waals surface area contributed by atoms with Crippen LogP contribution in [0.25, 0.3) is 0 Å². The van der Waals surface area contributed by atoms with Crippen molar-refractivity contribution < 1.29 is 14.0 Å². The van der Waals surface area contributed by atoms with E-state index in [0.717, 1.165) is 10.2 Å². The molecular formula is C22H25BrFN3O2. The van der Waals surface area contributed by atoms with Crippen molar-refractivity contribution in [2.45, 2.75) is 13.0 Å². The highest BCUT2D eigenvalue weighted by Crippen LogP contribution is 2.32. The SMILES string of the molecule is CN(C)CCN(Cc1ccccc1F)C(=O)C1CCN(c2ccccc2Br)C1=O. The Bertz CT molecular complexity index is 890. The van der Waals surface area contributed by atoms with E-state index >= 15 is 0 Å². The second-order valence-corrected chi connectivity index (χ2v) is 8.29. The van der Waals surface area contributed by atoms with Gasteiger partial charge in [0.1, 0.15) is 11.7 Å². The molecule has 0 N–H and O–H groups in total. The molecule has 0 spiro atoms. The van der Waals surface area contributed by atoms with Crippen molar-refractivity contribution in [2.24, 2.45) is 5.92 Å². The van der Waals surface area contributed by atoms with Crippen LogP contribution in [0, 0.1) is 11.7 Å². The van der Waals surface area contributed by atoms with Crippen molar-refractivity contribution >= 4 is 33.4 Å². The summed E-state index contributed by atoms with van der Waals surface area (Å²) in [7, 11) is 3.84. The van der Waals surface area contributed by atoms with Gasteiger partial charge < -0.3 is 14.7 Å². The summed E-state index contributed by atoms with van der Waals surface area (Å²) in [6.07, 6.45) is 0.453. The molecule has 2 amide bonds. The number of benzene rings is 2. The normalized spacial score (nSPS) is 16.5. The lowest BCUT2D eigenvalue weighted by Crippen LogP contribution is -2.42. The Hall–Kier alpha value is -2.25. The third-order valence-corrected chi connectivity index (χ3v) is 5.77. The summed E-state index contributed by atoms with van der Waals surface area (Å²) in [6, 6.07) is 13.9. The molecule has 0 aliphatic carbocycles. The van der Waals surface area contributed by atoms with Crippen LogP contribution in [-0.4, -0.2) is 55.3 Å². The van der Waals surface area contributed by atoms with Gasteiger partial charge in [-0.3, -0.25) is 9.59 Å². The van der Waals surface area contributed by atoms with Crippen LogP contribution >= 0.6 is 15.9 Å². The summed E-state index contributed by atoms with van der Waals surface area (Å²) < 4.78 is 15.0. The molecule has 2 aromatic carbocycles. The summed E-state index contributed by atoms with van der Waals surface area (Å²) in [6.45, 7) is 1.70. The highest BCUT2D eigenvalue weighted by atomic mass is 79.9. The molecule has 1 saturated heterocycles. The maximum atomic E-state index is 14.2. The number of para-hydroxylation sites is 1. The molecule has 1 heterocycles. The second-order valence-electron chi connectivity index (χ2n) is 7.44. The first-order valence-corrected chi connectivity index (χ1v) is 10.4. The van der Waals surface area contributed by atoms with Gasteiger partial charge >= 0.3 is 0 Å². The molecule has 0 aromatic heterocycles. The first-order valence-electron chi connectivity index (χ1n) is 9.61. The van der Waals surface area contributed by atoms with Gasteiger partial charge in [-0.15, -0.1) is 0 Å². The molecule has 5 nitrogen and oxygen atoms in total. The molecular weight excluding hydrogens is 437 g/mol. The van der Waals surface area contributed by atoms with E-state index in [2.05, 4.69) is 15.9 Å². The standard InChI is InChI=1S/C22H25BrFN3O2/c1-25(2)13-14-26(15-16-7-3-5-9-19(16)24)21(28)17-11-12-27(22(17)29)20-10-6-4-8-18(20)23/h3-10,17H,11-15H2,1-2H3. The van der Waals surface area contributed by atoms with Crippen LogP contribution in [0.1, 0.15) is 12.0 Å². The van der Waals surface area contributed by atoms with E-state index in [0.29, 0.717) is 31.6 Å². The number of carbonyl (C=O) groups is 2. The topological polar surface area (TPSA) is 43.9 Å². The fourth-order valence-corrected chi connectivity index (χ4v) is 3.96. The third kappa shape index (κ3) is 5.03. The lowest BCUT2D eigenvalue weighted by Gasteiger charge is -2.27. The van der Waals surface area contributed by atoms with E-state index in [1.165, 1.54) is 6.07 Å². The number of likely N-dealkylation sites (N-methyl/N-ethyl adjacent to an activating group) is 1. The van der Waals surface area contributed by atoms with Crippen LogP contribution in [0.3, 0.4) is 0 Å². The van der Waals surface area contributed by atoms with Gasteiger partial charge in [-0.05, 0) is 54.6 Å². The molecule has 0 radical (unpaired) electrons. The number of hydrogen-bond donors (Lipinski definition) is 0. The summed E-state index contributed by atoms with van der Waals surface area (Å²) in [4.78, 5) is 31.5. The summed E-state index contributed by atoms with van der Waals surface area (Å²) in [5, 5.41) is 0. The van der Waals surface area contributed by atoms with Crippen LogP contribution in [0.5, 0.6) is 0 Å². The predicted octanol–water partition coefficient (Wildman–Crippen LogP) is 3.53. The van der Waals surface area contributed by atoms with E-state index in [1.807, 2.05) is 43.3 Å². The van der Waals surface area contributed by atoms with Gasteiger partial charge in [0.25, 0.3) is 0 Å². The van der Waals surface area contributed by atoms with Gasteiger partial charge in [-0.25, -0.2) is 4.39 Å². The van der Waals surface area contributed by atoms with E-state index in [-0.39, 0.29) is 24.2 Å². The molecule has 3 rings (SSSR count). The van der Waals surface area contributed by atoms with E-state index in [9.17, 15) is 14.0 Å². The first kappa shape index (κ1) is 21.5. The highest BCUT2D eigenvalue weighted by molar-refractivity contribution is 9.10. The van der Waals surface area contributed by atoms with Crippen molar-refractivity contribution in [1.29, 1.82) is 0 Å². The van der Waals surface area contributed by atoms with Gasteiger partial charge in [0.15, 0.2) is 0 Å². The highest BCUT2D eigenvalue weighted by Gasteiger charge is 2.40. The molecule has 154 valence electrons. The van der Waals surface area contributed by atoms with Gasteiger partial charge in [0.05, 0.1) is 5.69 Å². The maximum absolute atomic E-state index is 14.2. The first-order chi connectivity index (χ1) is 13.9. The molecule has 0 bridgehead atoms. The van der Waals surface area contributed by atoms with Crippen LogP contribution in [0.4, 0.5) is 10.1 Å². The zero-order valence-electron chi connectivity index (χ0n) is 16.6. The van der Waals surface area contributed by atoms with Gasteiger partial charge in [-0.1, -0.05) is 30.3 Å². The van der Waals surface area contributed by atoms with Gasteiger partial charge in [0.2, 0.25) is 11.8 Å². The fourth-order valence-electron chi connectivity index (χ4n) is 3.46. The quantitative estimate of drug-likeness (QED) is 0.592. The zero-order chi connectivity index (χ0) is 21.0. The van der Waals surface area contributed by atoms with Gasteiger partial charge in [-0.2, -0.15) is 0 Å². The molecule has 1 fully saturated rings. The monoisotopic (exact) mass is 461 g/mol. The van der Waals surface area contributed by atoms with E-state index in [4.69, 9.17) is 0 Å². The minimum absolute atomic E-state index is 0.151. The molecule has 1 aliphatic rings. The Morgan fingerprint density at radius 2 is 1.83 bits per heavy atom. The van der Waals surface area contributed by atoms with Gasteiger partial charge in [0, 0.05) is 36.2 Å². The largest absolute Gasteiger partial charge is 0.336 e. The molecule has 1 unspecified atom stereocenters. The number of hydrogen-bond acceptors (Lipinski definition) is 3. The third-order valence-electron chi connectivity index (χ3n) is 5.09. The van der Waals surface area contributed by atoms with Crippen molar-refractivity contribution in [1.82, 2.24) is 9.80 Å². The van der Waals surface area contributed by atoms with E-state index < -0.39 is 5.92 Å². The zero-order valence-corrected chi connectivity index (χ0v) is 18.2. The molecule has 0 saturated carbocycles. The van der Waals surface area contributed by atoms with Crippen molar-refractivity contribution in [3.63, 3.8) is 0 Å². The average Bonchev–Trinajstić information content (AvgIpc) is 3.07. The lowest BCUT2D eigenvalue weighted by molar-refractivity contribution is -0.140. The number of rotatable bonds is 7. The number of amides is 2. The number of anilines is 1.